The number of esters is 2. The van der Waals surface area contributed by atoms with Crippen molar-refractivity contribution in [2.24, 2.45) is 5.92 Å². The molecule has 2 aliphatic carbocycles. The lowest BCUT2D eigenvalue weighted by Gasteiger charge is -2.48. The summed E-state index contributed by atoms with van der Waals surface area (Å²) in [5.41, 5.74) is -2.31. The van der Waals surface area contributed by atoms with Crippen molar-refractivity contribution in [1.82, 2.24) is 0 Å². The summed E-state index contributed by atoms with van der Waals surface area (Å²) < 4.78 is 40.6. The first-order chi connectivity index (χ1) is 20.1. The van der Waals surface area contributed by atoms with Crippen LogP contribution in [0.5, 0.6) is 17.2 Å². The molecule has 220 valence electrons. The number of fused-ring (bicyclic) bond motifs is 2. The predicted octanol–water partition coefficient (Wildman–Crippen LogP) is 3.29. The van der Waals surface area contributed by atoms with E-state index in [-0.39, 0.29) is 47.6 Å². The fourth-order valence-corrected chi connectivity index (χ4v) is 6.31. The van der Waals surface area contributed by atoms with E-state index >= 15 is 0 Å². The van der Waals surface area contributed by atoms with Crippen LogP contribution in [0.2, 0.25) is 0 Å². The number of hydrogen-bond acceptors (Lipinski definition) is 11. The third-order valence-electron chi connectivity index (χ3n) is 8.55. The molecule has 2 aromatic rings. The highest BCUT2D eigenvalue weighted by molar-refractivity contribution is 6.09. The zero-order valence-corrected chi connectivity index (χ0v) is 23.7. The zero-order chi connectivity index (χ0) is 30.0. The molecular weight excluding hydrogens is 548 g/mol. The van der Waals surface area contributed by atoms with Gasteiger partial charge in [0.1, 0.15) is 23.7 Å². The van der Waals surface area contributed by atoms with Crippen LogP contribution in [-0.4, -0.2) is 62.2 Å². The summed E-state index contributed by atoms with van der Waals surface area (Å²) in [4.78, 5) is 40.6. The van der Waals surface area contributed by atoms with Crippen LogP contribution in [0.15, 0.2) is 59.6 Å². The number of Topliss-reactive ketones (excluding diaryl/α,β-unsaturated/α-hetero) is 1. The topological polar surface area (TPSA) is 136 Å². The van der Waals surface area contributed by atoms with Crippen molar-refractivity contribution in [3.05, 3.63) is 76.3 Å². The van der Waals surface area contributed by atoms with Gasteiger partial charge in [0, 0.05) is 24.0 Å². The average molecular weight is 579 g/mol. The SMILES string of the molecule is COC1=C(OC)C(=O)C23COc4c5c(cc(c42)C(OC(=O)c2ccccc2)C(C)C(C)(O)C(OC(C)=O)C3=C1)OCO5. The van der Waals surface area contributed by atoms with Gasteiger partial charge in [-0.15, -0.1) is 0 Å². The van der Waals surface area contributed by atoms with Crippen LogP contribution in [0.4, 0.5) is 0 Å². The molecule has 6 rings (SSSR count). The lowest BCUT2D eigenvalue weighted by molar-refractivity contribution is -0.171. The number of benzene rings is 2. The molecule has 0 saturated heterocycles. The second-order valence-electron chi connectivity index (χ2n) is 10.8. The molecule has 0 saturated carbocycles. The highest BCUT2D eigenvalue weighted by atomic mass is 16.7. The molecule has 11 heteroatoms. The van der Waals surface area contributed by atoms with Crippen LogP contribution in [0.1, 0.15) is 48.4 Å². The van der Waals surface area contributed by atoms with Gasteiger partial charge in [0.25, 0.3) is 0 Å². The number of methoxy groups -OCH3 is 2. The van der Waals surface area contributed by atoms with Crippen LogP contribution in [-0.2, 0) is 34.0 Å². The molecule has 42 heavy (non-hydrogen) atoms. The summed E-state index contributed by atoms with van der Waals surface area (Å²) >= 11 is 0. The zero-order valence-electron chi connectivity index (χ0n) is 23.7. The summed E-state index contributed by atoms with van der Waals surface area (Å²) in [6.45, 7) is 4.03. The average Bonchev–Trinajstić information content (AvgIpc) is 3.61. The third kappa shape index (κ3) is 3.79. The Bertz CT molecular complexity index is 1550. The van der Waals surface area contributed by atoms with E-state index in [9.17, 15) is 19.5 Å². The lowest BCUT2D eigenvalue weighted by atomic mass is 9.59. The van der Waals surface area contributed by atoms with Crippen LogP contribution >= 0.6 is 0 Å². The Morgan fingerprint density at radius 1 is 1.02 bits per heavy atom. The monoisotopic (exact) mass is 578 g/mol. The molecule has 0 radical (unpaired) electrons. The maximum absolute atomic E-state index is 14.6. The fourth-order valence-electron chi connectivity index (χ4n) is 6.31. The Labute approximate surface area is 241 Å². The lowest BCUT2D eigenvalue weighted by Crippen LogP contribution is -2.58. The van der Waals surface area contributed by atoms with Crippen molar-refractivity contribution in [2.45, 2.75) is 44.0 Å². The summed E-state index contributed by atoms with van der Waals surface area (Å²) in [6, 6.07) is 10.0. The number of carbonyl (C=O) groups is 3. The summed E-state index contributed by atoms with van der Waals surface area (Å²) in [7, 11) is 2.72. The fraction of sp³-hybridized carbons (Fsp3) is 0.387. The van der Waals surface area contributed by atoms with E-state index in [1.807, 2.05) is 0 Å². The van der Waals surface area contributed by atoms with Gasteiger partial charge >= 0.3 is 11.9 Å². The van der Waals surface area contributed by atoms with Gasteiger partial charge in [0.15, 0.2) is 23.4 Å². The Kier molecular flexibility index (Phi) is 6.45. The van der Waals surface area contributed by atoms with Gasteiger partial charge in [-0.1, -0.05) is 25.1 Å². The maximum atomic E-state index is 14.6. The van der Waals surface area contributed by atoms with Gasteiger partial charge < -0.3 is 38.3 Å². The van der Waals surface area contributed by atoms with Crippen LogP contribution in [0, 0.1) is 5.92 Å². The molecule has 5 atom stereocenters. The molecule has 0 amide bonds. The molecular formula is C31H30O11. The maximum Gasteiger partial charge on any atom is 0.338 e. The second-order valence-corrected chi connectivity index (χ2v) is 10.8. The summed E-state index contributed by atoms with van der Waals surface area (Å²) in [5.74, 6) is -1.94. The number of ether oxygens (including phenoxy) is 7. The van der Waals surface area contributed by atoms with E-state index in [1.165, 1.54) is 34.1 Å². The van der Waals surface area contributed by atoms with Crippen molar-refractivity contribution in [3.8, 4) is 17.2 Å². The van der Waals surface area contributed by atoms with Crippen LogP contribution in [0.25, 0.3) is 0 Å². The highest BCUT2D eigenvalue weighted by Gasteiger charge is 2.64. The molecule has 0 aromatic heterocycles. The Morgan fingerprint density at radius 3 is 2.43 bits per heavy atom. The van der Waals surface area contributed by atoms with Crippen molar-refractivity contribution in [2.75, 3.05) is 27.6 Å². The quantitative estimate of drug-likeness (QED) is 0.524. The minimum Gasteiger partial charge on any atom is -0.493 e. The van der Waals surface area contributed by atoms with Crippen molar-refractivity contribution >= 4 is 17.7 Å². The first-order valence-corrected chi connectivity index (χ1v) is 13.4. The van der Waals surface area contributed by atoms with E-state index in [0.29, 0.717) is 16.9 Å². The van der Waals surface area contributed by atoms with E-state index in [2.05, 4.69) is 0 Å². The van der Waals surface area contributed by atoms with E-state index in [0.717, 1.165) is 0 Å². The van der Waals surface area contributed by atoms with Crippen LogP contribution in [0.3, 0.4) is 0 Å². The van der Waals surface area contributed by atoms with Gasteiger partial charge in [-0.2, -0.15) is 0 Å². The molecule has 0 bridgehead atoms. The number of aliphatic hydroxyl groups is 1. The summed E-state index contributed by atoms with van der Waals surface area (Å²) in [5, 5.41) is 12.3. The molecule has 2 heterocycles. The number of ketones is 1. The van der Waals surface area contributed by atoms with E-state index in [4.69, 9.17) is 33.2 Å². The first kappa shape index (κ1) is 27.6. The molecule has 4 aliphatic rings. The number of hydrogen-bond donors (Lipinski definition) is 1. The normalized spacial score (nSPS) is 28.9. The van der Waals surface area contributed by atoms with Crippen molar-refractivity contribution in [1.29, 1.82) is 0 Å². The first-order valence-electron chi connectivity index (χ1n) is 13.4. The van der Waals surface area contributed by atoms with Gasteiger partial charge in [0.2, 0.25) is 24.1 Å². The second kappa shape index (κ2) is 9.80. The third-order valence-corrected chi connectivity index (χ3v) is 8.55. The largest absolute Gasteiger partial charge is 0.493 e. The molecule has 1 N–H and O–H groups in total. The van der Waals surface area contributed by atoms with Gasteiger partial charge in [0.05, 0.1) is 19.8 Å². The van der Waals surface area contributed by atoms with E-state index < -0.39 is 46.9 Å². The molecule has 5 unspecified atom stereocenters. The molecule has 11 nitrogen and oxygen atoms in total. The minimum atomic E-state index is -1.88. The molecule has 2 aliphatic heterocycles. The molecule has 1 spiro atoms. The molecule has 0 fully saturated rings. The number of allylic oxidation sites excluding steroid dienone is 2. The summed E-state index contributed by atoms with van der Waals surface area (Å²) in [6.07, 6.45) is -0.998. The predicted molar refractivity (Wildman–Crippen MR) is 144 cm³/mol. The van der Waals surface area contributed by atoms with Crippen LogP contribution < -0.4 is 14.2 Å². The Balaban J connectivity index is 1.68. The Morgan fingerprint density at radius 2 is 1.76 bits per heavy atom. The minimum absolute atomic E-state index is 0.0889. The van der Waals surface area contributed by atoms with E-state index in [1.54, 1.807) is 43.3 Å². The molecule has 2 aromatic carbocycles. The highest BCUT2D eigenvalue weighted by Crippen LogP contribution is 2.62. The van der Waals surface area contributed by atoms with Gasteiger partial charge in [-0.05, 0) is 36.8 Å². The number of carbonyl (C=O) groups excluding carboxylic acids is 3. The smallest absolute Gasteiger partial charge is 0.338 e. The van der Waals surface area contributed by atoms with Crippen molar-refractivity contribution < 1.29 is 52.6 Å². The number of rotatable bonds is 5. The standard InChI is InChI=1S/C31H30O11/c1-15-23(42-29(34)17-9-7-6-8-10-17)18-11-21-24(40-14-39-21)26-22(18)31(13-38-26)19(28(30(15,3)35)41-16(2)32)12-20(36-4)25(37-5)27(31)33/h6-12,15,23,28,35H,13-14H2,1-5H3. The van der Waals surface area contributed by atoms with Gasteiger partial charge in [-0.3, -0.25) is 9.59 Å². The Hall–Kier alpha value is -4.51. The van der Waals surface area contributed by atoms with Gasteiger partial charge in [-0.25, -0.2) is 4.79 Å². The van der Waals surface area contributed by atoms with Crippen molar-refractivity contribution in [3.63, 3.8) is 0 Å².